The van der Waals surface area contributed by atoms with E-state index in [4.69, 9.17) is 4.98 Å². The van der Waals surface area contributed by atoms with Crippen LogP contribution in [-0.2, 0) is 6.42 Å². The number of hydrogen-bond acceptors (Lipinski definition) is 1. The molecule has 0 aliphatic heterocycles. The van der Waals surface area contributed by atoms with E-state index in [0.717, 1.165) is 29.0 Å². The Bertz CT molecular complexity index is 2960. The van der Waals surface area contributed by atoms with Gasteiger partial charge in [-0.1, -0.05) is 177 Å². The van der Waals surface area contributed by atoms with Crippen molar-refractivity contribution in [3.63, 3.8) is 0 Å². The molecule has 10 rings (SSSR count). The molecule has 0 saturated carbocycles. The van der Waals surface area contributed by atoms with E-state index < -0.39 is 0 Å². The SMILES string of the molecule is CCc1nc2ccccc2n1-c1ccc(-c2ccc3c(-c4ccc(-c5ccccc5)cc4)c4ccccc4c(-c4ccc(-c5ccccc5)cc4)c3c2)cc1. The molecule has 0 saturated heterocycles. The molecule has 10 aromatic rings. The lowest BCUT2D eigenvalue weighted by molar-refractivity contribution is 0.908. The van der Waals surface area contributed by atoms with E-state index in [1.54, 1.807) is 0 Å². The van der Waals surface area contributed by atoms with Crippen LogP contribution >= 0.6 is 0 Å². The second kappa shape index (κ2) is 13.7. The Hall–Kier alpha value is -7.03. The van der Waals surface area contributed by atoms with Gasteiger partial charge in [0.05, 0.1) is 11.0 Å². The Kier molecular flexibility index (Phi) is 8.15. The van der Waals surface area contributed by atoms with Crippen molar-refractivity contribution in [2.45, 2.75) is 13.3 Å². The van der Waals surface area contributed by atoms with Crippen LogP contribution in [0.25, 0.3) is 93.9 Å². The number of rotatable bonds is 7. The molecule has 0 bridgehead atoms. The summed E-state index contributed by atoms with van der Waals surface area (Å²) >= 11 is 0. The van der Waals surface area contributed by atoms with Gasteiger partial charge in [0.2, 0.25) is 0 Å². The molecule has 0 fully saturated rings. The van der Waals surface area contributed by atoms with Gasteiger partial charge in [-0.25, -0.2) is 4.98 Å². The van der Waals surface area contributed by atoms with Gasteiger partial charge in [0.1, 0.15) is 5.82 Å². The molecule has 0 aliphatic carbocycles. The van der Waals surface area contributed by atoms with Crippen LogP contribution in [0, 0.1) is 0 Å². The minimum atomic E-state index is 0.863. The zero-order valence-electron chi connectivity index (χ0n) is 30.7. The monoisotopic (exact) mass is 702 g/mol. The molecular weight excluding hydrogens is 665 g/mol. The molecule has 2 heteroatoms. The lowest BCUT2D eigenvalue weighted by Crippen LogP contribution is -1.99. The zero-order chi connectivity index (χ0) is 36.7. The molecule has 0 atom stereocenters. The smallest absolute Gasteiger partial charge is 0.114 e. The molecule has 0 N–H and O–H groups in total. The molecule has 1 aromatic heterocycles. The van der Waals surface area contributed by atoms with Gasteiger partial charge in [0, 0.05) is 12.1 Å². The van der Waals surface area contributed by atoms with E-state index in [2.05, 4.69) is 212 Å². The molecule has 1 heterocycles. The van der Waals surface area contributed by atoms with Crippen molar-refractivity contribution < 1.29 is 0 Å². The largest absolute Gasteiger partial charge is 0.296 e. The molecule has 0 radical (unpaired) electrons. The van der Waals surface area contributed by atoms with Crippen LogP contribution in [0.1, 0.15) is 12.7 Å². The first-order chi connectivity index (χ1) is 27.2. The highest BCUT2D eigenvalue weighted by atomic mass is 15.1. The van der Waals surface area contributed by atoms with Gasteiger partial charge in [0.25, 0.3) is 0 Å². The first-order valence-electron chi connectivity index (χ1n) is 19.1. The number of fused-ring (bicyclic) bond motifs is 3. The van der Waals surface area contributed by atoms with Crippen molar-refractivity contribution in [2.75, 3.05) is 0 Å². The number of benzene rings is 9. The van der Waals surface area contributed by atoms with Crippen LogP contribution in [0.4, 0.5) is 0 Å². The average Bonchev–Trinajstić information content (AvgIpc) is 3.65. The average molecular weight is 703 g/mol. The third-order valence-electron chi connectivity index (χ3n) is 11.0. The lowest BCUT2D eigenvalue weighted by atomic mass is 9.84. The predicted octanol–water partition coefficient (Wildman–Crippen LogP) is 14.2. The number of hydrogen-bond donors (Lipinski definition) is 0. The van der Waals surface area contributed by atoms with Crippen LogP contribution in [0.2, 0.25) is 0 Å². The molecular formula is C53H38N2. The van der Waals surface area contributed by atoms with E-state index in [0.29, 0.717) is 0 Å². The Morgan fingerprint density at radius 1 is 0.364 bits per heavy atom. The van der Waals surface area contributed by atoms with Gasteiger partial charge in [-0.05, 0) is 108 Å². The second-order valence-corrected chi connectivity index (χ2v) is 14.2. The molecule has 55 heavy (non-hydrogen) atoms. The first kappa shape index (κ1) is 32.6. The Labute approximate surface area is 321 Å². The summed E-state index contributed by atoms with van der Waals surface area (Å²) in [6, 6.07) is 72.7. The van der Waals surface area contributed by atoms with Crippen LogP contribution in [0.15, 0.2) is 200 Å². The first-order valence-corrected chi connectivity index (χ1v) is 19.1. The molecule has 0 amide bonds. The normalized spacial score (nSPS) is 11.4. The van der Waals surface area contributed by atoms with E-state index >= 15 is 0 Å². The van der Waals surface area contributed by atoms with E-state index in [1.807, 2.05) is 0 Å². The lowest BCUT2D eigenvalue weighted by Gasteiger charge is -2.19. The Morgan fingerprint density at radius 2 is 0.782 bits per heavy atom. The summed E-state index contributed by atoms with van der Waals surface area (Å²) in [5.74, 6) is 1.07. The highest BCUT2D eigenvalue weighted by Crippen LogP contribution is 2.45. The van der Waals surface area contributed by atoms with Gasteiger partial charge >= 0.3 is 0 Å². The van der Waals surface area contributed by atoms with Crippen LogP contribution in [0.5, 0.6) is 0 Å². The van der Waals surface area contributed by atoms with E-state index in [1.165, 1.54) is 77.2 Å². The quantitative estimate of drug-likeness (QED) is 0.151. The summed E-state index contributed by atoms with van der Waals surface area (Å²) in [7, 11) is 0. The summed E-state index contributed by atoms with van der Waals surface area (Å²) in [5.41, 5.74) is 15.5. The van der Waals surface area contributed by atoms with Crippen molar-refractivity contribution in [1.29, 1.82) is 0 Å². The minimum absolute atomic E-state index is 0.863. The molecule has 0 unspecified atom stereocenters. The van der Waals surface area contributed by atoms with Gasteiger partial charge in [0.15, 0.2) is 0 Å². The molecule has 0 aliphatic rings. The van der Waals surface area contributed by atoms with Crippen molar-refractivity contribution in [3.05, 3.63) is 206 Å². The number of aromatic nitrogens is 2. The second-order valence-electron chi connectivity index (χ2n) is 14.2. The van der Waals surface area contributed by atoms with Crippen LogP contribution < -0.4 is 0 Å². The minimum Gasteiger partial charge on any atom is -0.296 e. The number of aryl methyl sites for hydroxylation is 1. The van der Waals surface area contributed by atoms with Gasteiger partial charge in [-0.2, -0.15) is 0 Å². The highest BCUT2D eigenvalue weighted by molar-refractivity contribution is 6.22. The fourth-order valence-electron chi connectivity index (χ4n) is 8.30. The Balaban J connectivity index is 1.16. The summed E-state index contributed by atoms with van der Waals surface area (Å²) in [4.78, 5) is 4.92. The van der Waals surface area contributed by atoms with Crippen molar-refractivity contribution >= 4 is 32.6 Å². The van der Waals surface area contributed by atoms with Crippen LogP contribution in [-0.4, -0.2) is 9.55 Å². The van der Waals surface area contributed by atoms with Gasteiger partial charge < -0.3 is 0 Å². The third kappa shape index (κ3) is 5.80. The number of nitrogens with zero attached hydrogens (tertiary/aromatic N) is 2. The number of para-hydroxylation sites is 2. The highest BCUT2D eigenvalue weighted by Gasteiger charge is 2.18. The maximum absolute atomic E-state index is 4.92. The molecule has 260 valence electrons. The molecule has 2 nitrogen and oxygen atoms in total. The predicted molar refractivity (Wildman–Crippen MR) is 233 cm³/mol. The summed E-state index contributed by atoms with van der Waals surface area (Å²) < 4.78 is 2.29. The topological polar surface area (TPSA) is 17.8 Å². The van der Waals surface area contributed by atoms with Crippen molar-refractivity contribution in [3.8, 4) is 61.3 Å². The van der Waals surface area contributed by atoms with Gasteiger partial charge in [-0.15, -0.1) is 0 Å². The van der Waals surface area contributed by atoms with Crippen LogP contribution in [0.3, 0.4) is 0 Å². The summed E-state index contributed by atoms with van der Waals surface area (Å²) in [6.07, 6.45) is 0.863. The standard InChI is InChI=1S/C53H38N2/c1-2-51-54-49-19-11-12-20-50(49)55(51)44-32-29-40(30-33-44)43-31-34-47-48(35-43)53(42-27-23-39(24-28-42)37-15-7-4-8-16-37)46-18-10-9-17-45(46)52(47)41-25-21-38(22-26-41)36-13-5-3-6-14-36/h3-35H,2H2,1H3. The summed E-state index contributed by atoms with van der Waals surface area (Å²) in [5, 5.41) is 4.98. The third-order valence-corrected chi connectivity index (χ3v) is 11.0. The zero-order valence-corrected chi connectivity index (χ0v) is 30.7. The van der Waals surface area contributed by atoms with Crippen molar-refractivity contribution in [1.82, 2.24) is 9.55 Å². The van der Waals surface area contributed by atoms with Gasteiger partial charge in [-0.3, -0.25) is 4.57 Å². The summed E-state index contributed by atoms with van der Waals surface area (Å²) in [6.45, 7) is 2.17. The number of imidazole rings is 1. The Morgan fingerprint density at radius 3 is 1.36 bits per heavy atom. The molecule has 9 aromatic carbocycles. The maximum Gasteiger partial charge on any atom is 0.114 e. The van der Waals surface area contributed by atoms with Crippen molar-refractivity contribution in [2.24, 2.45) is 0 Å². The maximum atomic E-state index is 4.92. The fraction of sp³-hybridized carbons (Fsp3) is 0.0377. The molecule has 0 spiro atoms. The van der Waals surface area contributed by atoms with E-state index in [9.17, 15) is 0 Å². The fourth-order valence-corrected chi connectivity index (χ4v) is 8.30. The van der Waals surface area contributed by atoms with E-state index in [-0.39, 0.29) is 0 Å².